The third-order valence-electron chi connectivity index (χ3n) is 4.51. The molecule has 1 atom stereocenters. The number of likely N-dealkylation sites (N-methyl/N-ethyl adjacent to an activating group) is 1. The topological polar surface area (TPSA) is 75.4 Å². The van der Waals surface area contributed by atoms with Gasteiger partial charge in [-0.05, 0) is 25.7 Å². The van der Waals surface area contributed by atoms with Crippen molar-refractivity contribution in [2.24, 2.45) is 5.92 Å². The van der Waals surface area contributed by atoms with Crippen LogP contribution in [0.25, 0.3) is 11.3 Å². The van der Waals surface area contributed by atoms with Crippen molar-refractivity contribution < 1.29 is 14.1 Å². The number of amides is 2. The minimum atomic E-state index is -0.415. The molecular formula is C18H21N3O3. The average Bonchev–Trinajstić information content (AvgIpc) is 3.35. The summed E-state index contributed by atoms with van der Waals surface area (Å²) in [5.41, 5.74) is 1.01. The highest BCUT2D eigenvalue weighted by Gasteiger charge is 2.32. The first-order chi connectivity index (χ1) is 11.6. The summed E-state index contributed by atoms with van der Waals surface area (Å²) in [7, 11) is 1.78. The Kier molecular flexibility index (Phi) is 4.64. The highest BCUT2D eigenvalue weighted by atomic mass is 16.5. The summed E-state index contributed by atoms with van der Waals surface area (Å²) in [6.07, 6.45) is 2.35. The molecule has 2 amide bonds. The van der Waals surface area contributed by atoms with Crippen molar-refractivity contribution in [1.82, 2.24) is 15.4 Å². The molecule has 24 heavy (non-hydrogen) atoms. The molecule has 1 aliphatic rings. The van der Waals surface area contributed by atoms with Crippen LogP contribution in [0.15, 0.2) is 40.9 Å². The van der Waals surface area contributed by atoms with Gasteiger partial charge in [0, 0.05) is 24.7 Å². The SMILES string of the molecule is C[C@H](C1CC1)N(C)C(=O)CNC(=O)c1cc(-c2ccccc2)on1. The minimum absolute atomic E-state index is 0.0417. The first-order valence-corrected chi connectivity index (χ1v) is 8.12. The molecule has 0 saturated heterocycles. The van der Waals surface area contributed by atoms with E-state index in [0.717, 1.165) is 5.56 Å². The number of nitrogens with zero attached hydrogens (tertiary/aromatic N) is 2. The van der Waals surface area contributed by atoms with E-state index in [1.807, 2.05) is 37.3 Å². The van der Waals surface area contributed by atoms with E-state index in [9.17, 15) is 9.59 Å². The van der Waals surface area contributed by atoms with E-state index in [0.29, 0.717) is 11.7 Å². The van der Waals surface area contributed by atoms with Crippen molar-refractivity contribution in [1.29, 1.82) is 0 Å². The smallest absolute Gasteiger partial charge is 0.273 e. The largest absolute Gasteiger partial charge is 0.355 e. The second-order valence-corrected chi connectivity index (χ2v) is 6.21. The fourth-order valence-corrected chi connectivity index (χ4v) is 2.61. The molecule has 0 bridgehead atoms. The molecule has 6 nitrogen and oxygen atoms in total. The molecule has 1 aromatic carbocycles. The third-order valence-corrected chi connectivity index (χ3v) is 4.51. The molecule has 1 saturated carbocycles. The van der Waals surface area contributed by atoms with Gasteiger partial charge in [0.2, 0.25) is 5.91 Å². The Labute approximate surface area is 140 Å². The maximum Gasteiger partial charge on any atom is 0.273 e. The Morgan fingerprint density at radius 1 is 1.33 bits per heavy atom. The molecule has 2 aromatic rings. The Morgan fingerprint density at radius 2 is 2.04 bits per heavy atom. The molecule has 1 aromatic heterocycles. The summed E-state index contributed by atoms with van der Waals surface area (Å²) >= 11 is 0. The van der Waals surface area contributed by atoms with Crippen LogP contribution in [0.4, 0.5) is 0 Å². The molecule has 1 N–H and O–H groups in total. The molecular weight excluding hydrogens is 306 g/mol. The molecule has 1 aliphatic carbocycles. The first-order valence-electron chi connectivity index (χ1n) is 8.12. The minimum Gasteiger partial charge on any atom is -0.355 e. The number of rotatable bonds is 6. The predicted octanol–water partition coefficient (Wildman–Crippen LogP) is 2.33. The van der Waals surface area contributed by atoms with Gasteiger partial charge >= 0.3 is 0 Å². The van der Waals surface area contributed by atoms with Crippen LogP contribution in [-0.2, 0) is 4.79 Å². The first kappa shape index (κ1) is 16.2. The normalized spacial score (nSPS) is 14.9. The van der Waals surface area contributed by atoms with E-state index in [-0.39, 0.29) is 24.2 Å². The van der Waals surface area contributed by atoms with E-state index in [1.165, 1.54) is 12.8 Å². The molecule has 3 rings (SSSR count). The Hall–Kier alpha value is -2.63. The maximum atomic E-state index is 12.1. The van der Waals surface area contributed by atoms with Crippen LogP contribution < -0.4 is 5.32 Å². The molecule has 0 unspecified atom stereocenters. The summed E-state index contributed by atoms with van der Waals surface area (Å²) in [6, 6.07) is 11.2. The van der Waals surface area contributed by atoms with Gasteiger partial charge in [0.15, 0.2) is 11.5 Å². The predicted molar refractivity (Wildman–Crippen MR) is 89.2 cm³/mol. The summed E-state index contributed by atoms with van der Waals surface area (Å²) in [4.78, 5) is 26.0. The third kappa shape index (κ3) is 3.64. The summed E-state index contributed by atoms with van der Waals surface area (Å²) in [6.45, 7) is 2.00. The molecule has 1 heterocycles. The van der Waals surface area contributed by atoms with Gasteiger partial charge in [-0.15, -0.1) is 0 Å². The van der Waals surface area contributed by atoms with E-state index in [2.05, 4.69) is 10.5 Å². The Morgan fingerprint density at radius 3 is 2.71 bits per heavy atom. The number of benzene rings is 1. The molecule has 6 heteroatoms. The second-order valence-electron chi connectivity index (χ2n) is 6.21. The van der Waals surface area contributed by atoms with Gasteiger partial charge in [-0.2, -0.15) is 0 Å². The van der Waals surface area contributed by atoms with Gasteiger partial charge in [0.25, 0.3) is 5.91 Å². The van der Waals surface area contributed by atoms with Crippen molar-refractivity contribution in [3.8, 4) is 11.3 Å². The van der Waals surface area contributed by atoms with E-state index < -0.39 is 5.91 Å². The van der Waals surface area contributed by atoms with E-state index in [1.54, 1.807) is 18.0 Å². The lowest BCUT2D eigenvalue weighted by atomic mass is 10.1. The highest BCUT2D eigenvalue weighted by Crippen LogP contribution is 2.34. The van der Waals surface area contributed by atoms with Crippen LogP contribution in [0.2, 0.25) is 0 Å². The number of nitrogens with one attached hydrogen (secondary N) is 1. The van der Waals surface area contributed by atoms with Gasteiger partial charge in [-0.1, -0.05) is 35.5 Å². The summed E-state index contributed by atoms with van der Waals surface area (Å²) in [5, 5.41) is 6.38. The van der Waals surface area contributed by atoms with Gasteiger partial charge in [0.05, 0.1) is 6.54 Å². The number of carbonyl (C=O) groups excluding carboxylic acids is 2. The molecule has 1 fully saturated rings. The van der Waals surface area contributed by atoms with Crippen molar-refractivity contribution >= 4 is 11.8 Å². The van der Waals surface area contributed by atoms with Crippen LogP contribution in [0.1, 0.15) is 30.3 Å². The summed E-state index contributed by atoms with van der Waals surface area (Å²) < 4.78 is 5.20. The number of aromatic nitrogens is 1. The number of hydrogen-bond donors (Lipinski definition) is 1. The zero-order chi connectivity index (χ0) is 17.1. The highest BCUT2D eigenvalue weighted by molar-refractivity contribution is 5.95. The molecule has 0 spiro atoms. The van der Waals surface area contributed by atoms with E-state index in [4.69, 9.17) is 4.52 Å². The maximum absolute atomic E-state index is 12.1. The van der Waals surface area contributed by atoms with Crippen molar-refractivity contribution in [2.75, 3.05) is 13.6 Å². The fourth-order valence-electron chi connectivity index (χ4n) is 2.61. The van der Waals surface area contributed by atoms with Crippen molar-refractivity contribution in [3.63, 3.8) is 0 Å². The lowest BCUT2D eigenvalue weighted by Crippen LogP contribution is -2.43. The lowest BCUT2D eigenvalue weighted by Gasteiger charge is -2.24. The van der Waals surface area contributed by atoms with Gasteiger partial charge in [-0.3, -0.25) is 9.59 Å². The van der Waals surface area contributed by atoms with Gasteiger partial charge in [0.1, 0.15) is 0 Å². The van der Waals surface area contributed by atoms with Crippen molar-refractivity contribution in [2.45, 2.75) is 25.8 Å². The van der Waals surface area contributed by atoms with Crippen LogP contribution in [0, 0.1) is 5.92 Å². The van der Waals surface area contributed by atoms with E-state index >= 15 is 0 Å². The fraction of sp³-hybridized carbons (Fsp3) is 0.389. The van der Waals surface area contributed by atoms with Crippen LogP contribution in [0.3, 0.4) is 0 Å². The average molecular weight is 327 g/mol. The quantitative estimate of drug-likeness (QED) is 0.883. The standard InChI is InChI=1S/C18H21N3O3/c1-12(13-8-9-13)21(2)17(22)11-19-18(23)15-10-16(24-20-15)14-6-4-3-5-7-14/h3-7,10,12-13H,8-9,11H2,1-2H3,(H,19,23)/t12-/m1/s1. The van der Waals surface area contributed by atoms with Crippen molar-refractivity contribution in [3.05, 3.63) is 42.1 Å². The van der Waals surface area contributed by atoms with Crippen LogP contribution >= 0.6 is 0 Å². The zero-order valence-electron chi connectivity index (χ0n) is 13.9. The Bertz CT molecular complexity index is 722. The molecule has 0 aliphatic heterocycles. The van der Waals surface area contributed by atoms with Crippen LogP contribution in [0.5, 0.6) is 0 Å². The number of carbonyl (C=O) groups is 2. The van der Waals surface area contributed by atoms with Crippen LogP contribution in [-0.4, -0.2) is 41.5 Å². The second kappa shape index (κ2) is 6.86. The lowest BCUT2D eigenvalue weighted by molar-refractivity contribution is -0.130. The molecule has 126 valence electrons. The Balaban J connectivity index is 1.55. The van der Waals surface area contributed by atoms with Gasteiger partial charge in [-0.25, -0.2) is 0 Å². The van der Waals surface area contributed by atoms with Gasteiger partial charge < -0.3 is 14.7 Å². The molecule has 0 radical (unpaired) electrons. The summed E-state index contributed by atoms with van der Waals surface area (Å²) in [5.74, 6) is 0.599. The zero-order valence-corrected chi connectivity index (χ0v) is 13.9. The number of hydrogen-bond acceptors (Lipinski definition) is 4. The monoisotopic (exact) mass is 327 g/mol.